The molecule has 2 rings (SSSR count). The van der Waals surface area contributed by atoms with Crippen LogP contribution in [0.5, 0.6) is 0 Å². The van der Waals surface area contributed by atoms with E-state index in [9.17, 15) is 9.59 Å². The second-order valence-electron chi connectivity index (χ2n) is 5.19. The Balaban J connectivity index is 1.90. The lowest BCUT2D eigenvalue weighted by Gasteiger charge is -2.26. The van der Waals surface area contributed by atoms with Gasteiger partial charge in [0.25, 0.3) is 0 Å². The normalized spacial score (nSPS) is 19.4. The second kappa shape index (κ2) is 6.02. The van der Waals surface area contributed by atoms with Gasteiger partial charge in [0.1, 0.15) is 6.54 Å². The van der Waals surface area contributed by atoms with E-state index >= 15 is 0 Å². The van der Waals surface area contributed by atoms with Gasteiger partial charge in [0.05, 0.1) is 12.7 Å². The number of rotatable bonds is 7. The molecule has 1 saturated heterocycles. The van der Waals surface area contributed by atoms with Crippen LogP contribution in [0.25, 0.3) is 0 Å². The van der Waals surface area contributed by atoms with Crippen molar-refractivity contribution in [1.29, 1.82) is 5.26 Å². The molecular weight excluding hydrogens is 244 g/mol. The van der Waals surface area contributed by atoms with Crippen LogP contribution in [-0.4, -0.2) is 59.5 Å². The van der Waals surface area contributed by atoms with E-state index in [2.05, 4.69) is 11.0 Å². The zero-order chi connectivity index (χ0) is 13.8. The standard InChI is InChI=1S/C13H20N4O2/c1-2-17-12(18)9-16(13(17)19)10-15(7-3-6-14)8-11-4-5-11/h11H,2-5,7-10H2,1H3. The maximum absolute atomic E-state index is 12.0. The van der Waals surface area contributed by atoms with Crippen molar-refractivity contribution in [3.05, 3.63) is 0 Å². The Morgan fingerprint density at radius 2 is 2.16 bits per heavy atom. The third kappa shape index (κ3) is 3.44. The fraction of sp³-hybridized carbons (Fsp3) is 0.769. The number of hydrogen-bond donors (Lipinski definition) is 0. The molecule has 0 radical (unpaired) electrons. The van der Waals surface area contributed by atoms with Gasteiger partial charge in [0, 0.05) is 26.1 Å². The highest BCUT2D eigenvalue weighted by Gasteiger charge is 2.36. The molecule has 19 heavy (non-hydrogen) atoms. The molecule has 6 nitrogen and oxygen atoms in total. The molecule has 0 atom stereocenters. The molecular formula is C13H20N4O2. The summed E-state index contributed by atoms with van der Waals surface area (Å²) in [7, 11) is 0. The predicted octanol–water partition coefficient (Wildman–Crippen LogP) is 0.854. The summed E-state index contributed by atoms with van der Waals surface area (Å²) >= 11 is 0. The number of hydrogen-bond acceptors (Lipinski definition) is 4. The van der Waals surface area contributed by atoms with Gasteiger partial charge >= 0.3 is 6.03 Å². The number of imide groups is 1. The van der Waals surface area contributed by atoms with Crippen molar-refractivity contribution < 1.29 is 9.59 Å². The van der Waals surface area contributed by atoms with E-state index in [4.69, 9.17) is 5.26 Å². The maximum atomic E-state index is 12.0. The smallest absolute Gasteiger partial charge is 0.302 e. The van der Waals surface area contributed by atoms with Crippen LogP contribution < -0.4 is 0 Å². The Hall–Kier alpha value is -1.61. The van der Waals surface area contributed by atoms with Gasteiger partial charge in [0.2, 0.25) is 5.91 Å². The van der Waals surface area contributed by atoms with E-state index in [1.165, 1.54) is 17.7 Å². The number of carbonyl (C=O) groups is 2. The van der Waals surface area contributed by atoms with Crippen LogP contribution in [0.4, 0.5) is 4.79 Å². The van der Waals surface area contributed by atoms with Crippen molar-refractivity contribution in [3.8, 4) is 6.07 Å². The molecule has 104 valence electrons. The second-order valence-corrected chi connectivity index (χ2v) is 5.19. The van der Waals surface area contributed by atoms with Crippen molar-refractivity contribution >= 4 is 11.9 Å². The fourth-order valence-electron chi connectivity index (χ4n) is 2.35. The first-order chi connectivity index (χ1) is 9.15. The van der Waals surface area contributed by atoms with Crippen molar-refractivity contribution in [1.82, 2.24) is 14.7 Å². The van der Waals surface area contributed by atoms with Crippen LogP contribution in [0.1, 0.15) is 26.2 Å². The van der Waals surface area contributed by atoms with Gasteiger partial charge in [0.15, 0.2) is 0 Å². The number of urea groups is 1. The minimum absolute atomic E-state index is 0.126. The van der Waals surface area contributed by atoms with Crippen LogP contribution in [0.2, 0.25) is 0 Å². The minimum atomic E-state index is -0.203. The Morgan fingerprint density at radius 3 is 2.68 bits per heavy atom. The molecule has 0 aromatic rings. The molecule has 0 spiro atoms. The molecule has 2 fully saturated rings. The molecule has 0 bridgehead atoms. The molecule has 1 aliphatic heterocycles. The van der Waals surface area contributed by atoms with Crippen molar-refractivity contribution in [2.24, 2.45) is 5.92 Å². The summed E-state index contributed by atoms with van der Waals surface area (Å²) in [6.07, 6.45) is 2.92. The van der Waals surface area contributed by atoms with E-state index in [1.807, 2.05) is 0 Å². The average molecular weight is 264 g/mol. The van der Waals surface area contributed by atoms with Gasteiger partial charge in [-0.15, -0.1) is 0 Å². The van der Waals surface area contributed by atoms with Crippen LogP contribution in [0.3, 0.4) is 0 Å². The van der Waals surface area contributed by atoms with Crippen molar-refractivity contribution in [2.45, 2.75) is 26.2 Å². The summed E-state index contributed by atoms with van der Waals surface area (Å²) in [4.78, 5) is 28.6. The van der Waals surface area contributed by atoms with Gasteiger partial charge in [-0.2, -0.15) is 5.26 Å². The van der Waals surface area contributed by atoms with E-state index in [0.717, 1.165) is 6.54 Å². The summed E-state index contributed by atoms with van der Waals surface area (Å²) in [6, 6.07) is 1.93. The highest BCUT2D eigenvalue weighted by Crippen LogP contribution is 2.30. The molecule has 3 amide bonds. The molecule has 6 heteroatoms. The molecule has 2 aliphatic rings. The number of nitriles is 1. The van der Waals surface area contributed by atoms with Gasteiger partial charge < -0.3 is 4.90 Å². The molecule has 1 heterocycles. The van der Waals surface area contributed by atoms with E-state index in [-0.39, 0.29) is 18.5 Å². The summed E-state index contributed by atoms with van der Waals surface area (Å²) < 4.78 is 0. The minimum Gasteiger partial charge on any atom is -0.302 e. The number of nitrogens with zero attached hydrogens (tertiary/aromatic N) is 4. The molecule has 1 saturated carbocycles. The third-order valence-corrected chi connectivity index (χ3v) is 3.57. The van der Waals surface area contributed by atoms with Crippen molar-refractivity contribution in [3.63, 3.8) is 0 Å². The first-order valence-electron chi connectivity index (χ1n) is 6.84. The zero-order valence-electron chi connectivity index (χ0n) is 11.3. The van der Waals surface area contributed by atoms with E-state index < -0.39 is 0 Å². The lowest BCUT2D eigenvalue weighted by Crippen LogP contribution is -2.41. The first-order valence-corrected chi connectivity index (χ1v) is 6.84. The molecule has 0 unspecified atom stereocenters. The lowest BCUT2D eigenvalue weighted by atomic mass is 10.3. The zero-order valence-corrected chi connectivity index (χ0v) is 11.3. The molecule has 1 aliphatic carbocycles. The Labute approximate surface area is 113 Å². The Kier molecular flexibility index (Phi) is 4.38. The van der Waals surface area contributed by atoms with Gasteiger partial charge in [-0.1, -0.05) is 0 Å². The highest BCUT2D eigenvalue weighted by atomic mass is 16.2. The average Bonchev–Trinajstić information content (AvgIpc) is 3.15. The van der Waals surface area contributed by atoms with Crippen LogP contribution in [0, 0.1) is 17.2 Å². The summed E-state index contributed by atoms with van der Waals surface area (Å²) in [5, 5.41) is 8.68. The highest BCUT2D eigenvalue weighted by molar-refractivity contribution is 6.01. The predicted molar refractivity (Wildman–Crippen MR) is 68.9 cm³/mol. The van der Waals surface area contributed by atoms with E-state index in [1.54, 1.807) is 11.8 Å². The monoisotopic (exact) mass is 264 g/mol. The molecule has 0 aromatic heterocycles. The van der Waals surface area contributed by atoms with E-state index in [0.29, 0.717) is 32.1 Å². The lowest BCUT2D eigenvalue weighted by molar-refractivity contribution is -0.125. The molecule has 0 aromatic carbocycles. The third-order valence-electron chi connectivity index (χ3n) is 3.57. The summed E-state index contributed by atoms with van der Waals surface area (Å²) in [5.41, 5.74) is 0. The van der Waals surface area contributed by atoms with Crippen LogP contribution >= 0.6 is 0 Å². The number of likely N-dealkylation sites (N-methyl/N-ethyl adjacent to an activating group) is 1. The van der Waals surface area contributed by atoms with Gasteiger partial charge in [-0.05, 0) is 25.7 Å². The summed E-state index contributed by atoms with van der Waals surface area (Å²) in [6.45, 7) is 4.44. The Bertz CT molecular complexity index is 400. The number of amides is 3. The van der Waals surface area contributed by atoms with Crippen LogP contribution in [0.15, 0.2) is 0 Å². The summed E-state index contributed by atoms with van der Waals surface area (Å²) in [5.74, 6) is 0.577. The quantitative estimate of drug-likeness (QED) is 0.639. The van der Waals surface area contributed by atoms with Crippen molar-refractivity contribution in [2.75, 3.05) is 32.8 Å². The van der Waals surface area contributed by atoms with Gasteiger partial charge in [-0.3, -0.25) is 14.6 Å². The topological polar surface area (TPSA) is 67.7 Å². The largest absolute Gasteiger partial charge is 0.328 e. The Morgan fingerprint density at radius 1 is 1.42 bits per heavy atom. The van der Waals surface area contributed by atoms with Gasteiger partial charge in [-0.25, -0.2) is 4.79 Å². The first kappa shape index (κ1) is 13.8. The maximum Gasteiger partial charge on any atom is 0.328 e. The number of carbonyl (C=O) groups excluding carboxylic acids is 2. The SMILES string of the molecule is CCN1C(=O)CN(CN(CCC#N)CC2CC2)C1=O. The molecule has 0 N–H and O–H groups in total. The fourth-order valence-corrected chi connectivity index (χ4v) is 2.35. The van der Waals surface area contributed by atoms with Crippen LogP contribution in [-0.2, 0) is 4.79 Å².